The van der Waals surface area contributed by atoms with E-state index in [1.165, 1.54) is 12.8 Å². The number of nitrogens with zero attached hydrogens (tertiary/aromatic N) is 3. The smallest absolute Gasteiger partial charge is 0.225 e. The van der Waals surface area contributed by atoms with E-state index in [0.29, 0.717) is 12.6 Å². The molecular formula is C13H24N4. The molecule has 0 bridgehead atoms. The fourth-order valence-corrected chi connectivity index (χ4v) is 1.70. The Morgan fingerprint density at radius 1 is 1.41 bits per heavy atom. The molecular weight excluding hydrogens is 212 g/mol. The Morgan fingerprint density at radius 2 is 2.18 bits per heavy atom. The lowest BCUT2D eigenvalue weighted by molar-refractivity contribution is 0.581. The zero-order valence-corrected chi connectivity index (χ0v) is 11.2. The Balaban J connectivity index is 2.86. The normalized spacial score (nSPS) is 12.5. The van der Waals surface area contributed by atoms with Crippen LogP contribution in [-0.4, -0.2) is 22.6 Å². The van der Waals surface area contributed by atoms with Crippen LogP contribution in [0.15, 0.2) is 12.3 Å². The summed E-state index contributed by atoms with van der Waals surface area (Å²) in [6.07, 6.45) is 5.25. The molecule has 0 radical (unpaired) electrons. The predicted molar refractivity (Wildman–Crippen MR) is 71.9 cm³/mol. The molecule has 4 nitrogen and oxygen atoms in total. The summed E-state index contributed by atoms with van der Waals surface area (Å²) >= 11 is 0. The van der Waals surface area contributed by atoms with Gasteiger partial charge in [0.25, 0.3) is 0 Å². The van der Waals surface area contributed by atoms with Gasteiger partial charge in [-0.15, -0.1) is 0 Å². The molecule has 1 aromatic rings. The van der Waals surface area contributed by atoms with Gasteiger partial charge in [-0.1, -0.05) is 20.3 Å². The molecule has 4 heteroatoms. The number of aromatic nitrogens is 2. The van der Waals surface area contributed by atoms with Crippen LogP contribution in [0.3, 0.4) is 0 Å². The monoisotopic (exact) mass is 236 g/mol. The van der Waals surface area contributed by atoms with Crippen LogP contribution < -0.4 is 10.6 Å². The first-order valence-corrected chi connectivity index (χ1v) is 6.51. The first-order valence-electron chi connectivity index (χ1n) is 6.51. The van der Waals surface area contributed by atoms with Gasteiger partial charge in [-0.25, -0.2) is 9.97 Å². The largest absolute Gasteiger partial charge is 0.338 e. The first-order chi connectivity index (χ1) is 8.22. The van der Waals surface area contributed by atoms with Gasteiger partial charge in [0.05, 0.1) is 5.69 Å². The minimum atomic E-state index is 0.467. The average Bonchev–Trinajstić information content (AvgIpc) is 2.39. The van der Waals surface area contributed by atoms with E-state index in [9.17, 15) is 0 Å². The maximum Gasteiger partial charge on any atom is 0.225 e. The van der Waals surface area contributed by atoms with E-state index in [4.69, 9.17) is 5.73 Å². The number of hydrogen-bond donors (Lipinski definition) is 1. The molecule has 17 heavy (non-hydrogen) atoms. The lowest BCUT2D eigenvalue weighted by atomic mass is 10.2. The molecule has 1 atom stereocenters. The Kier molecular flexibility index (Phi) is 5.91. The van der Waals surface area contributed by atoms with Gasteiger partial charge in [0.15, 0.2) is 0 Å². The van der Waals surface area contributed by atoms with Crippen LogP contribution in [0.25, 0.3) is 0 Å². The quantitative estimate of drug-likeness (QED) is 0.789. The van der Waals surface area contributed by atoms with Gasteiger partial charge in [-0.2, -0.15) is 0 Å². The summed E-state index contributed by atoms with van der Waals surface area (Å²) in [7, 11) is 0. The molecule has 2 N–H and O–H groups in total. The van der Waals surface area contributed by atoms with Gasteiger partial charge in [0.2, 0.25) is 5.95 Å². The minimum Gasteiger partial charge on any atom is -0.338 e. The topological polar surface area (TPSA) is 55.0 Å². The molecule has 0 fully saturated rings. The molecule has 1 unspecified atom stereocenters. The summed E-state index contributed by atoms with van der Waals surface area (Å²) in [6.45, 7) is 8.09. The number of unbranched alkanes of at least 4 members (excludes halogenated alkanes) is 1. The molecule has 0 saturated heterocycles. The Morgan fingerprint density at radius 3 is 2.76 bits per heavy atom. The van der Waals surface area contributed by atoms with Gasteiger partial charge < -0.3 is 10.6 Å². The lowest BCUT2D eigenvalue weighted by Crippen LogP contribution is -2.35. The highest BCUT2D eigenvalue weighted by molar-refractivity contribution is 5.31. The van der Waals surface area contributed by atoms with Crippen molar-refractivity contribution < 1.29 is 0 Å². The SMILES string of the molecule is CCCCN(c1nccc(CN)n1)C(C)CC. The second kappa shape index (κ2) is 7.22. The Hall–Kier alpha value is -1.16. The third-order valence-corrected chi connectivity index (χ3v) is 3.04. The zero-order valence-electron chi connectivity index (χ0n) is 11.2. The highest BCUT2D eigenvalue weighted by atomic mass is 15.3. The fraction of sp³-hybridized carbons (Fsp3) is 0.692. The third-order valence-electron chi connectivity index (χ3n) is 3.04. The second-order valence-electron chi connectivity index (χ2n) is 4.36. The van der Waals surface area contributed by atoms with E-state index in [1.807, 2.05) is 6.07 Å². The van der Waals surface area contributed by atoms with Crippen molar-refractivity contribution in [2.45, 2.75) is 52.6 Å². The molecule has 0 saturated carbocycles. The van der Waals surface area contributed by atoms with Crippen molar-refractivity contribution in [2.75, 3.05) is 11.4 Å². The van der Waals surface area contributed by atoms with Crippen LogP contribution in [-0.2, 0) is 6.54 Å². The van der Waals surface area contributed by atoms with Gasteiger partial charge in [-0.3, -0.25) is 0 Å². The number of anilines is 1. The second-order valence-corrected chi connectivity index (χ2v) is 4.36. The lowest BCUT2D eigenvalue weighted by Gasteiger charge is -2.28. The summed E-state index contributed by atoms with van der Waals surface area (Å²) in [4.78, 5) is 11.2. The molecule has 0 aromatic carbocycles. The van der Waals surface area contributed by atoms with Crippen LogP contribution in [0.4, 0.5) is 5.95 Å². The minimum absolute atomic E-state index is 0.467. The van der Waals surface area contributed by atoms with Crippen LogP contribution >= 0.6 is 0 Å². The zero-order chi connectivity index (χ0) is 12.7. The number of rotatable bonds is 7. The van der Waals surface area contributed by atoms with Crippen molar-refractivity contribution in [3.05, 3.63) is 18.0 Å². The van der Waals surface area contributed by atoms with Crippen LogP contribution in [0.2, 0.25) is 0 Å². The van der Waals surface area contributed by atoms with E-state index in [0.717, 1.165) is 24.6 Å². The highest BCUT2D eigenvalue weighted by Crippen LogP contribution is 2.14. The van der Waals surface area contributed by atoms with E-state index >= 15 is 0 Å². The van der Waals surface area contributed by atoms with E-state index in [2.05, 4.69) is 35.6 Å². The molecule has 0 spiro atoms. The van der Waals surface area contributed by atoms with Gasteiger partial charge >= 0.3 is 0 Å². The van der Waals surface area contributed by atoms with Crippen molar-refractivity contribution in [1.82, 2.24) is 9.97 Å². The standard InChI is InChI=1S/C13H24N4/c1-4-6-9-17(11(3)5-2)13-15-8-7-12(10-14)16-13/h7-8,11H,4-6,9-10,14H2,1-3H3. The van der Waals surface area contributed by atoms with Crippen molar-refractivity contribution in [1.29, 1.82) is 0 Å². The molecule has 0 amide bonds. The molecule has 1 rings (SSSR count). The van der Waals surface area contributed by atoms with Crippen molar-refractivity contribution >= 4 is 5.95 Å². The Bertz CT molecular complexity index is 327. The summed E-state index contributed by atoms with van der Waals surface area (Å²) < 4.78 is 0. The average molecular weight is 236 g/mol. The summed E-state index contributed by atoms with van der Waals surface area (Å²) in [5.74, 6) is 0.816. The van der Waals surface area contributed by atoms with Crippen LogP contribution in [0.1, 0.15) is 45.7 Å². The summed E-state index contributed by atoms with van der Waals surface area (Å²) in [5, 5.41) is 0. The predicted octanol–water partition coefficient (Wildman–Crippen LogP) is 2.34. The van der Waals surface area contributed by atoms with Crippen molar-refractivity contribution in [2.24, 2.45) is 5.73 Å². The maximum atomic E-state index is 5.62. The van der Waals surface area contributed by atoms with Crippen molar-refractivity contribution in [3.63, 3.8) is 0 Å². The number of nitrogens with two attached hydrogens (primary N) is 1. The Labute approximate surface area is 104 Å². The molecule has 1 aromatic heterocycles. The fourth-order valence-electron chi connectivity index (χ4n) is 1.70. The molecule has 96 valence electrons. The van der Waals surface area contributed by atoms with Gasteiger partial charge in [-0.05, 0) is 25.8 Å². The molecule has 1 heterocycles. The van der Waals surface area contributed by atoms with E-state index in [-0.39, 0.29) is 0 Å². The third kappa shape index (κ3) is 3.97. The van der Waals surface area contributed by atoms with E-state index < -0.39 is 0 Å². The number of hydrogen-bond acceptors (Lipinski definition) is 4. The summed E-state index contributed by atoms with van der Waals surface area (Å²) in [5.41, 5.74) is 6.52. The van der Waals surface area contributed by atoms with Crippen molar-refractivity contribution in [3.8, 4) is 0 Å². The van der Waals surface area contributed by atoms with Gasteiger partial charge in [0.1, 0.15) is 0 Å². The van der Waals surface area contributed by atoms with Crippen LogP contribution in [0.5, 0.6) is 0 Å². The molecule has 0 aliphatic rings. The van der Waals surface area contributed by atoms with Gasteiger partial charge in [0, 0.05) is 25.3 Å². The maximum absolute atomic E-state index is 5.62. The van der Waals surface area contributed by atoms with Crippen LogP contribution in [0, 0.1) is 0 Å². The molecule has 0 aliphatic heterocycles. The molecule has 0 aliphatic carbocycles. The first kappa shape index (κ1) is 13.9. The van der Waals surface area contributed by atoms with E-state index in [1.54, 1.807) is 6.20 Å². The highest BCUT2D eigenvalue weighted by Gasteiger charge is 2.15. The summed E-state index contributed by atoms with van der Waals surface area (Å²) in [6, 6.07) is 2.34.